The van der Waals surface area contributed by atoms with Crippen LogP contribution in [0.1, 0.15) is 78.4 Å². The molecule has 134 valence electrons. The zero-order valence-electron chi connectivity index (χ0n) is 15.3. The van der Waals surface area contributed by atoms with Crippen LogP contribution in [0.4, 0.5) is 0 Å². The molecule has 0 N–H and O–H groups in total. The van der Waals surface area contributed by atoms with Crippen LogP contribution in [-0.4, -0.2) is 16.8 Å². The average molecular weight is 345 g/mol. The van der Waals surface area contributed by atoms with Crippen LogP contribution in [0.25, 0.3) is 0 Å². The van der Waals surface area contributed by atoms with Crippen molar-refractivity contribution in [2.45, 2.75) is 62.9 Å². The topological polar surface area (TPSA) is 20.3 Å². The fourth-order valence-electron chi connectivity index (χ4n) is 5.74. The van der Waals surface area contributed by atoms with E-state index in [2.05, 4.69) is 47.4 Å². The van der Waals surface area contributed by atoms with Gasteiger partial charge >= 0.3 is 0 Å². The van der Waals surface area contributed by atoms with Gasteiger partial charge in [-0.15, -0.1) is 0 Å². The number of rotatable bonds is 2. The van der Waals surface area contributed by atoms with Gasteiger partial charge in [-0.25, -0.2) is 0 Å². The van der Waals surface area contributed by atoms with Gasteiger partial charge in [0.25, 0.3) is 5.91 Å². The molecule has 1 amide bonds. The number of carbonyl (C=O) groups is 1. The van der Waals surface area contributed by atoms with E-state index in [0.29, 0.717) is 17.9 Å². The summed E-state index contributed by atoms with van der Waals surface area (Å²) < 4.78 is 0. The Labute approximate surface area is 156 Å². The molecule has 1 saturated carbocycles. The summed E-state index contributed by atoms with van der Waals surface area (Å²) in [6.07, 6.45) is 8.80. The van der Waals surface area contributed by atoms with Gasteiger partial charge < -0.3 is 4.90 Å². The molecule has 2 fully saturated rings. The molecule has 3 atom stereocenters. The Balaban J connectivity index is 1.54. The summed E-state index contributed by atoms with van der Waals surface area (Å²) in [5.41, 5.74) is 3.66. The molecule has 1 saturated heterocycles. The van der Waals surface area contributed by atoms with Gasteiger partial charge in [-0.3, -0.25) is 4.79 Å². The molecular weight excluding hydrogens is 318 g/mol. The predicted molar refractivity (Wildman–Crippen MR) is 104 cm³/mol. The minimum atomic E-state index is 0.268. The van der Waals surface area contributed by atoms with Gasteiger partial charge in [-0.05, 0) is 54.7 Å². The highest BCUT2D eigenvalue weighted by Crippen LogP contribution is 2.50. The van der Waals surface area contributed by atoms with Crippen LogP contribution in [0, 0.1) is 5.92 Å². The fourth-order valence-corrected chi connectivity index (χ4v) is 5.74. The fraction of sp³-hybridized carbons (Fsp3) is 0.458. The van der Waals surface area contributed by atoms with E-state index in [1.54, 1.807) is 0 Å². The van der Waals surface area contributed by atoms with Crippen LogP contribution in [-0.2, 0) is 0 Å². The van der Waals surface area contributed by atoms with Crippen LogP contribution in [0.2, 0.25) is 0 Å². The summed E-state index contributed by atoms with van der Waals surface area (Å²) in [6, 6.07) is 20.0. The highest BCUT2D eigenvalue weighted by atomic mass is 16.2. The van der Waals surface area contributed by atoms with Crippen molar-refractivity contribution in [2.75, 3.05) is 0 Å². The standard InChI is InChI=1S/C24H27NO/c26-24-21-14-8-7-13-20(21)23-16-19(17-9-3-1-4-10-17)15-22(25(23)24)18-11-5-2-6-12-18/h1,3-4,7-10,13-14,18-19,22-23H,2,5-6,11-12,15-16H2/t19-,22+,23+/m1/s1. The quantitative estimate of drug-likeness (QED) is 0.682. The molecule has 3 aliphatic rings. The Morgan fingerprint density at radius 2 is 1.54 bits per heavy atom. The molecule has 2 heterocycles. The summed E-state index contributed by atoms with van der Waals surface area (Å²) in [5, 5.41) is 0. The number of nitrogens with zero attached hydrogens (tertiary/aromatic N) is 1. The van der Waals surface area contributed by atoms with E-state index in [1.165, 1.54) is 43.2 Å². The molecule has 1 aliphatic carbocycles. The molecule has 2 aromatic carbocycles. The van der Waals surface area contributed by atoms with Crippen LogP contribution in [0.3, 0.4) is 0 Å². The van der Waals surface area contributed by atoms with Crippen molar-refractivity contribution >= 4 is 5.91 Å². The van der Waals surface area contributed by atoms with E-state index >= 15 is 0 Å². The minimum absolute atomic E-state index is 0.268. The molecule has 26 heavy (non-hydrogen) atoms. The Morgan fingerprint density at radius 3 is 2.35 bits per heavy atom. The Hall–Kier alpha value is -2.09. The van der Waals surface area contributed by atoms with E-state index in [9.17, 15) is 4.79 Å². The lowest BCUT2D eigenvalue weighted by molar-refractivity contribution is 0.0279. The molecule has 2 aromatic rings. The number of amides is 1. The maximum atomic E-state index is 13.3. The first kappa shape index (κ1) is 16.1. The van der Waals surface area contributed by atoms with Crippen LogP contribution >= 0.6 is 0 Å². The first-order chi connectivity index (χ1) is 12.8. The molecule has 0 aromatic heterocycles. The second-order valence-electron chi connectivity index (χ2n) is 8.36. The summed E-state index contributed by atoms with van der Waals surface area (Å²) in [4.78, 5) is 15.5. The number of carbonyl (C=O) groups excluding carboxylic acids is 1. The van der Waals surface area contributed by atoms with Gasteiger partial charge in [-0.1, -0.05) is 67.8 Å². The zero-order valence-corrected chi connectivity index (χ0v) is 15.3. The molecular formula is C24H27NO. The number of fused-ring (bicyclic) bond motifs is 3. The van der Waals surface area contributed by atoms with Gasteiger partial charge in [-0.2, -0.15) is 0 Å². The third-order valence-electron chi connectivity index (χ3n) is 6.98. The second kappa shape index (κ2) is 6.57. The summed E-state index contributed by atoms with van der Waals surface area (Å²) in [7, 11) is 0. The van der Waals surface area contributed by atoms with Crippen molar-refractivity contribution < 1.29 is 4.79 Å². The molecule has 2 nitrogen and oxygen atoms in total. The minimum Gasteiger partial charge on any atom is -0.328 e. The normalized spacial score (nSPS) is 28.7. The van der Waals surface area contributed by atoms with Crippen molar-refractivity contribution in [1.29, 1.82) is 0 Å². The smallest absolute Gasteiger partial charge is 0.254 e. The van der Waals surface area contributed by atoms with Crippen LogP contribution < -0.4 is 0 Å². The number of piperidine rings is 1. The summed E-state index contributed by atoms with van der Waals surface area (Å²) >= 11 is 0. The highest BCUT2D eigenvalue weighted by molar-refractivity contribution is 5.99. The van der Waals surface area contributed by atoms with Crippen LogP contribution in [0.5, 0.6) is 0 Å². The first-order valence-corrected chi connectivity index (χ1v) is 10.3. The van der Waals surface area contributed by atoms with Crippen molar-refractivity contribution in [2.24, 2.45) is 5.92 Å². The molecule has 0 spiro atoms. The van der Waals surface area contributed by atoms with Crippen LogP contribution in [0.15, 0.2) is 54.6 Å². The monoisotopic (exact) mass is 345 g/mol. The third-order valence-corrected chi connectivity index (χ3v) is 6.98. The Morgan fingerprint density at radius 1 is 0.808 bits per heavy atom. The lowest BCUT2D eigenvalue weighted by Crippen LogP contribution is -2.48. The summed E-state index contributed by atoms with van der Waals surface area (Å²) in [6.45, 7) is 0. The van der Waals surface area contributed by atoms with E-state index in [-0.39, 0.29) is 11.9 Å². The molecule has 5 rings (SSSR count). The molecule has 0 radical (unpaired) electrons. The Kier molecular flexibility index (Phi) is 4.07. The van der Waals surface area contributed by atoms with Crippen molar-refractivity contribution in [3.63, 3.8) is 0 Å². The van der Waals surface area contributed by atoms with Gasteiger partial charge in [0.05, 0.1) is 6.04 Å². The van der Waals surface area contributed by atoms with E-state index in [1.807, 2.05) is 12.1 Å². The number of benzene rings is 2. The van der Waals surface area contributed by atoms with Gasteiger partial charge in [0.2, 0.25) is 0 Å². The van der Waals surface area contributed by atoms with E-state index < -0.39 is 0 Å². The number of hydrogen-bond acceptors (Lipinski definition) is 1. The maximum absolute atomic E-state index is 13.3. The van der Waals surface area contributed by atoms with Crippen molar-refractivity contribution in [3.05, 3.63) is 71.3 Å². The zero-order chi connectivity index (χ0) is 17.5. The largest absolute Gasteiger partial charge is 0.328 e. The van der Waals surface area contributed by atoms with Gasteiger partial charge in [0, 0.05) is 11.6 Å². The first-order valence-electron chi connectivity index (χ1n) is 10.3. The lowest BCUT2D eigenvalue weighted by Gasteiger charge is -2.46. The lowest BCUT2D eigenvalue weighted by atomic mass is 9.73. The SMILES string of the molecule is O=C1c2ccccc2[C@@H]2C[C@H](c3ccccc3)C[C@@H](C3CCCCC3)N12. The molecule has 0 unspecified atom stereocenters. The third kappa shape index (κ3) is 2.58. The Bertz CT molecular complexity index is 793. The van der Waals surface area contributed by atoms with Gasteiger partial charge in [0.15, 0.2) is 0 Å². The highest BCUT2D eigenvalue weighted by Gasteiger charge is 2.47. The van der Waals surface area contributed by atoms with Crippen molar-refractivity contribution in [1.82, 2.24) is 4.90 Å². The summed E-state index contributed by atoms with van der Waals surface area (Å²) in [5.74, 6) is 1.52. The maximum Gasteiger partial charge on any atom is 0.254 e. The molecule has 2 heteroatoms. The average Bonchev–Trinajstić information content (AvgIpc) is 3.01. The second-order valence-corrected chi connectivity index (χ2v) is 8.36. The van der Waals surface area contributed by atoms with E-state index in [4.69, 9.17) is 0 Å². The molecule has 2 aliphatic heterocycles. The number of hydrogen-bond donors (Lipinski definition) is 0. The van der Waals surface area contributed by atoms with Crippen molar-refractivity contribution in [3.8, 4) is 0 Å². The molecule has 0 bridgehead atoms. The van der Waals surface area contributed by atoms with Gasteiger partial charge in [0.1, 0.15) is 0 Å². The predicted octanol–water partition coefficient (Wildman–Crippen LogP) is 5.71. The van der Waals surface area contributed by atoms with E-state index in [0.717, 1.165) is 18.4 Å².